The van der Waals surface area contributed by atoms with Gasteiger partial charge < -0.3 is 5.73 Å². The van der Waals surface area contributed by atoms with Crippen molar-refractivity contribution in [1.29, 1.82) is 0 Å². The average Bonchev–Trinajstić information content (AvgIpc) is 1.80. The minimum Gasteiger partial charge on any atom is -0.321 e. The molecule has 48 valence electrons. The maximum Gasteiger partial charge on any atom is 0.0478 e. The lowest BCUT2D eigenvalue weighted by Gasteiger charge is -2.11. The quantitative estimate of drug-likeness (QED) is 0.515. The molecule has 1 aliphatic rings. The molecule has 0 saturated carbocycles. The number of allylic oxidation sites excluding steroid dienone is 2. The Morgan fingerprint density at radius 2 is 2.33 bits per heavy atom. The molecule has 1 heteroatoms. The minimum absolute atomic E-state index is 0.0358. The van der Waals surface area contributed by atoms with E-state index in [0.29, 0.717) is 0 Å². The summed E-state index contributed by atoms with van der Waals surface area (Å²) in [5.41, 5.74) is 7.83. The monoisotopic (exact) mass is 121 g/mol. The molecule has 0 aromatic carbocycles. The second-order valence-electron chi connectivity index (χ2n) is 2.35. The van der Waals surface area contributed by atoms with Crippen LogP contribution >= 0.6 is 0 Å². The molecule has 0 aliphatic heterocycles. The van der Waals surface area contributed by atoms with Crippen LogP contribution in [-0.4, -0.2) is 6.04 Å². The van der Waals surface area contributed by atoms with Crippen molar-refractivity contribution in [2.45, 2.75) is 13.0 Å². The lowest BCUT2D eigenvalue weighted by molar-refractivity contribution is 0.968. The van der Waals surface area contributed by atoms with E-state index in [1.165, 1.54) is 5.57 Å². The Hall–Kier alpha value is -0.820. The van der Waals surface area contributed by atoms with Gasteiger partial charge in [0.1, 0.15) is 0 Å². The molecule has 0 aromatic heterocycles. The van der Waals surface area contributed by atoms with Crippen molar-refractivity contribution >= 4 is 0 Å². The number of hydrogen-bond donors (Lipinski definition) is 1. The fourth-order valence-electron chi connectivity index (χ4n) is 0.816. The van der Waals surface area contributed by atoms with Crippen molar-refractivity contribution in [3.63, 3.8) is 0 Å². The van der Waals surface area contributed by atoms with Crippen LogP contribution in [0, 0.1) is 0 Å². The Labute approximate surface area is 55.6 Å². The summed E-state index contributed by atoms with van der Waals surface area (Å²) in [5.74, 6) is 0. The largest absolute Gasteiger partial charge is 0.321 e. The number of rotatable bonds is 0. The van der Waals surface area contributed by atoms with E-state index in [4.69, 9.17) is 5.73 Å². The zero-order valence-corrected chi connectivity index (χ0v) is 5.59. The van der Waals surface area contributed by atoms with Crippen LogP contribution < -0.4 is 5.73 Å². The van der Waals surface area contributed by atoms with Gasteiger partial charge in [0.2, 0.25) is 0 Å². The lowest BCUT2D eigenvalue weighted by atomic mass is 10.0. The van der Waals surface area contributed by atoms with Crippen molar-refractivity contribution in [2.24, 2.45) is 5.73 Å². The third-order valence-corrected chi connectivity index (χ3v) is 1.41. The Balaban J connectivity index is 2.82. The van der Waals surface area contributed by atoms with E-state index < -0.39 is 0 Å². The van der Waals surface area contributed by atoms with Gasteiger partial charge in [0.15, 0.2) is 0 Å². The van der Waals surface area contributed by atoms with Crippen molar-refractivity contribution < 1.29 is 0 Å². The molecule has 0 heterocycles. The van der Waals surface area contributed by atoms with Gasteiger partial charge >= 0.3 is 0 Å². The second kappa shape index (κ2) is 2.19. The van der Waals surface area contributed by atoms with Crippen LogP contribution in [0.25, 0.3) is 0 Å². The molecule has 0 spiro atoms. The summed E-state index contributed by atoms with van der Waals surface area (Å²) in [5, 5.41) is 0. The highest BCUT2D eigenvalue weighted by Crippen LogP contribution is 2.11. The highest BCUT2D eigenvalue weighted by Gasteiger charge is 2.03. The Morgan fingerprint density at radius 1 is 1.67 bits per heavy atom. The normalized spacial score (nSPS) is 26.2. The zero-order valence-electron chi connectivity index (χ0n) is 5.59. The molecule has 2 N–H and O–H groups in total. The fraction of sp³-hybridized carbons (Fsp3) is 0.250. The Bertz CT molecular complexity index is 187. The van der Waals surface area contributed by atoms with Crippen molar-refractivity contribution in [3.8, 4) is 0 Å². The van der Waals surface area contributed by atoms with Crippen LogP contribution in [0.5, 0.6) is 0 Å². The molecule has 1 atom stereocenters. The molecule has 1 nitrogen and oxygen atoms in total. The van der Waals surface area contributed by atoms with Crippen molar-refractivity contribution in [1.82, 2.24) is 0 Å². The van der Waals surface area contributed by atoms with Crippen LogP contribution in [0.15, 0.2) is 36.0 Å². The molecule has 0 radical (unpaired) electrons. The first-order valence-electron chi connectivity index (χ1n) is 3.01. The number of hydrogen-bond acceptors (Lipinski definition) is 1. The highest BCUT2D eigenvalue weighted by atomic mass is 14.6. The van der Waals surface area contributed by atoms with Crippen molar-refractivity contribution in [2.75, 3.05) is 0 Å². The van der Waals surface area contributed by atoms with Gasteiger partial charge in [-0.25, -0.2) is 0 Å². The van der Waals surface area contributed by atoms with Gasteiger partial charge in [0.05, 0.1) is 0 Å². The summed E-state index contributed by atoms with van der Waals surface area (Å²) >= 11 is 0. The minimum atomic E-state index is 0.0358. The molecule has 1 aliphatic carbocycles. The van der Waals surface area contributed by atoms with Gasteiger partial charge in [-0.3, -0.25) is 0 Å². The van der Waals surface area contributed by atoms with Crippen LogP contribution in [0.3, 0.4) is 0 Å². The molecule has 1 unspecified atom stereocenters. The third kappa shape index (κ3) is 1.30. The molecule has 0 bridgehead atoms. The summed E-state index contributed by atoms with van der Waals surface area (Å²) < 4.78 is 0. The van der Waals surface area contributed by atoms with Gasteiger partial charge in [-0.05, 0) is 12.5 Å². The first kappa shape index (κ1) is 6.30. The molecular formula is C8H11N. The molecule has 0 aromatic rings. The zero-order chi connectivity index (χ0) is 6.85. The standard InChI is InChI=1S/C8H11N/c1-6-3-4-8(9)7(2)5-6/h3-5,8H,2,9H2,1H3. The maximum atomic E-state index is 5.61. The Morgan fingerprint density at radius 3 is 2.78 bits per heavy atom. The summed E-state index contributed by atoms with van der Waals surface area (Å²) in [4.78, 5) is 0. The fourth-order valence-corrected chi connectivity index (χ4v) is 0.816. The molecule has 0 amide bonds. The number of nitrogens with two attached hydrogens (primary N) is 1. The highest BCUT2D eigenvalue weighted by molar-refractivity contribution is 5.38. The summed E-state index contributed by atoms with van der Waals surface area (Å²) in [6.45, 7) is 5.83. The average molecular weight is 121 g/mol. The predicted octanol–water partition coefficient (Wildman–Crippen LogP) is 1.39. The second-order valence-corrected chi connectivity index (χ2v) is 2.35. The molecule has 0 saturated heterocycles. The molecule has 1 rings (SSSR count). The van der Waals surface area contributed by atoms with Crippen LogP contribution in [0.4, 0.5) is 0 Å². The van der Waals surface area contributed by atoms with Gasteiger partial charge in [-0.1, -0.05) is 30.4 Å². The van der Waals surface area contributed by atoms with E-state index in [-0.39, 0.29) is 6.04 Å². The maximum absolute atomic E-state index is 5.61. The van der Waals surface area contributed by atoms with E-state index in [1.54, 1.807) is 0 Å². The van der Waals surface area contributed by atoms with E-state index in [0.717, 1.165) is 5.57 Å². The first-order chi connectivity index (χ1) is 4.20. The van der Waals surface area contributed by atoms with Gasteiger partial charge in [-0.2, -0.15) is 0 Å². The summed E-state index contributed by atoms with van der Waals surface area (Å²) in [6, 6.07) is 0.0358. The van der Waals surface area contributed by atoms with Crippen LogP contribution in [0.1, 0.15) is 6.92 Å². The van der Waals surface area contributed by atoms with Gasteiger partial charge in [0, 0.05) is 6.04 Å². The van der Waals surface area contributed by atoms with E-state index in [2.05, 4.69) is 6.58 Å². The predicted molar refractivity (Wildman–Crippen MR) is 40.0 cm³/mol. The smallest absolute Gasteiger partial charge is 0.0478 e. The van der Waals surface area contributed by atoms with E-state index in [1.807, 2.05) is 25.2 Å². The summed E-state index contributed by atoms with van der Waals surface area (Å²) in [7, 11) is 0. The Kier molecular flexibility index (Phi) is 1.54. The van der Waals surface area contributed by atoms with Crippen molar-refractivity contribution in [3.05, 3.63) is 36.0 Å². The van der Waals surface area contributed by atoms with Crippen LogP contribution in [-0.2, 0) is 0 Å². The van der Waals surface area contributed by atoms with E-state index in [9.17, 15) is 0 Å². The molecule has 9 heavy (non-hydrogen) atoms. The lowest BCUT2D eigenvalue weighted by Crippen LogP contribution is -2.19. The summed E-state index contributed by atoms with van der Waals surface area (Å²) in [6.07, 6.45) is 5.97. The molecular weight excluding hydrogens is 110 g/mol. The third-order valence-electron chi connectivity index (χ3n) is 1.41. The first-order valence-corrected chi connectivity index (χ1v) is 3.01. The topological polar surface area (TPSA) is 26.0 Å². The SMILES string of the molecule is C=C1C=C(C)C=CC1N. The van der Waals surface area contributed by atoms with Gasteiger partial charge in [0.25, 0.3) is 0 Å². The van der Waals surface area contributed by atoms with Gasteiger partial charge in [-0.15, -0.1) is 0 Å². The van der Waals surface area contributed by atoms with Crippen LogP contribution in [0.2, 0.25) is 0 Å². The van der Waals surface area contributed by atoms with E-state index >= 15 is 0 Å². The molecule has 0 fully saturated rings.